The quantitative estimate of drug-likeness (QED) is 0.461. The molecule has 0 amide bonds. The molecule has 0 radical (unpaired) electrons. The lowest BCUT2D eigenvalue weighted by Gasteiger charge is -2.51. The Hall–Kier alpha value is -0.0400. The zero-order chi connectivity index (χ0) is 14.7. The Kier molecular flexibility index (Phi) is 5.30. The second-order valence-electron chi connectivity index (χ2n) is 8.15. The van der Waals surface area contributed by atoms with Gasteiger partial charge in [0.25, 0.3) is 0 Å². The molecular weight excluding hydrogens is 254 g/mol. The minimum absolute atomic E-state index is 0.793. The third-order valence-corrected chi connectivity index (χ3v) is 7.08. The van der Waals surface area contributed by atoms with E-state index in [0.717, 1.165) is 23.4 Å². The molecule has 0 bridgehead atoms. The maximum absolute atomic E-state index is 2.94. The SMILES string of the molecule is CCCCCCCCCC12CCC1N(CCC)C1CCC12. The normalized spacial score (nSPS) is 37.7. The van der Waals surface area contributed by atoms with Crippen molar-refractivity contribution in [2.24, 2.45) is 11.3 Å². The van der Waals surface area contributed by atoms with E-state index >= 15 is 0 Å². The minimum Gasteiger partial charge on any atom is -0.297 e. The molecule has 4 atom stereocenters. The highest BCUT2D eigenvalue weighted by molar-refractivity contribution is 5.18. The van der Waals surface area contributed by atoms with Crippen LogP contribution in [0.25, 0.3) is 0 Å². The van der Waals surface area contributed by atoms with Crippen molar-refractivity contribution in [1.82, 2.24) is 4.90 Å². The molecule has 2 saturated carbocycles. The van der Waals surface area contributed by atoms with Gasteiger partial charge >= 0.3 is 0 Å². The van der Waals surface area contributed by atoms with Crippen LogP contribution in [0.4, 0.5) is 0 Å². The molecule has 4 unspecified atom stereocenters. The molecule has 1 heteroatoms. The lowest BCUT2D eigenvalue weighted by Crippen LogP contribution is -2.49. The Morgan fingerprint density at radius 3 is 2.19 bits per heavy atom. The first-order chi connectivity index (χ1) is 10.3. The first-order valence-electron chi connectivity index (χ1n) is 10.1. The molecule has 1 aliphatic heterocycles. The van der Waals surface area contributed by atoms with Gasteiger partial charge in [0.2, 0.25) is 0 Å². The highest BCUT2D eigenvalue weighted by atomic mass is 15.3. The fourth-order valence-electron chi connectivity index (χ4n) is 5.82. The van der Waals surface area contributed by atoms with Gasteiger partial charge in [0, 0.05) is 12.1 Å². The first-order valence-corrected chi connectivity index (χ1v) is 10.1. The average Bonchev–Trinajstić information content (AvgIpc) is 2.53. The highest BCUT2D eigenvalue weighted by Gasteiger charge is 2.65. The maximum Gasteiger partial charge on any atom is 0.0158 e. The lowest BCUT2D eigenvalue weighted by molar-refractivity contribution is 0.00848. The summed E-state index contributed by atoms with van der Waals surface area (Å²) in [5.41, 5.74) is 0.793. The zero-order valence-electron chi connectivity index (χ0n) is 14.6. The van der Waals surface area contributed by atoms with Gasteiger partial charge in [0.15, 0.2) is 0 Å². The summed E-state index contributed by atoms with van der Waals surface area (Å²) in [5, 5.41) is 0. The highest BCUT2D eigenvalue weighted by Crippen LogP contribution is 2.65. The second kappa shape index (κ2) is 7.02. The molecule has 1 nitrogen and oxygen atoms in total. The Balaban J connectivity index is 1.42. The molecule has 1 saturated heterocycles. The number of nitrogens with zero attached hydrogens (tertiary/aromatic N) is 1. The van der Waals surface area contributed by atoms with Crippen LogP contribution in [0, 0.1) is 11.3 Å². The molecule has 21 heavy (non-hydrogen) atoms. The Morgan fingerprint density at radius 1 is 0.857 bits per heavy atom. The summed E-state index contributed by atoms with van der Waals surface area (Å²) in [5.74, 6) is 1.10. The third-order valence-electron chi connectivity index (χ3n) is 7.08. The van der Waals surface area contributed by atoms with Crippen LogP contribution >= 0.6 is 0 Å². The van der Waals surface area contributed by atoms with E-state index in [9.17, 15) is 0 Å². The van der Waals surface area contributed by atoms with Gasteiger partial charge in [-0.05, 0) is 56.4 Å². The number of rotatable bonds is 10. The van der Waals surface area contributed by atoms with Gasteiger partial charge in [0.05, 0.1) is 0 Å². The van der Waals surface area contributed by atoms with Gasteiger partial charge < -0.3 is 0 Å². The Morgan fingerprint density at radius 2 is 1.62 bits per heavy atom. The molecule has 0 aromatic carbocycles. The van der Waals surface area contributed by atoms with Crippen molar-refractivity contribution < 1.29 is 0 Å². The molecule has 0 aromatic heterocycles. The van der Waals surface area contributed by atoms with E-state index in [4.69, 9.17) is 0 Å². The Labute approximate surface area is 132 Å². The monoisotopic (exact) mass is 291 g/mol. The summed E-state index contributed by atoms with van der Waals surface area (Å²) in [7, 11) is 0. The molecule has 3 aliphatic rings. The van der Waals surface area contributed by atoms with E-state index in [2.05, 4.69) is 18.7 Å². The fraction of sp³-hybridized carbons (Fsp3) is 1.00. The van der Waals surface area contributed by atoms with E-state index in [-0.39, 0.29) is 0 Å². The topological polar surface area (TPSA) is 3.24 Å². The maximum atomic E-state index is 2.94. The van der Waals surface area contributed by atoms with E-state index in [1.54, 1.807) is 19.3 Å². The van der Waals surface area contributed by atoms with Crippen LogP contribution in [0.15, 0.2) is 0 Å². The van der Waals surface area contributed by atoms with Crippen LogP contribution in [0.5, 0.6) is 0 Å². The molecule has 0 spiro atoms. The van der Waals surface area contributed by atoms with Gasteiger partial charge in [-0.15, -0.1) is 0 Å². The third kappa shape index (κ3) is 2.80. The number of unbranched alkanes of at least 4 members (excludes halogenated alkanes) is 6. The first kappa shape index (κ1) is 15.8. The number of fused-ring (bicyclic) bond motifs is 3. The standard InChI is InChI=1S/C20H37N/c1-3-5-6-7-8-9-10-14-20-15-13-19(20)21(16-4-2)18-12-11-17(18)20/h17-19H,3-16H2,1-2H3. The predicted octanol–water partition coefficient (Wildman–Crippen LogP) is 5.78. The number of likely N-dealkylation sites (tertiary alicyclic amines) is 1. The number of hydrogen-bond donors (Lipinski definition) is 0. The summed E-state index contributed by atoms with van der Waals surface area (Å²) in [6.07, 6.45) is 19.4. The van der Waals surface area contributed by atoms with Crippen molar-refractivity contribution in [1.29, 1.82) is 0 Å². The largest absolute Gasteiger partial charge is 0.297 e. The van der Waals surface area contributed by atoms with Crippen molar-refractivity contribution in [3.63, 3.8) is 0 Å². The zero-order valence-corrected chi connectivity index (χ0v) is 14.6. The van der Waals surface area contributed by atoms with Gasteiger partial charge in [0.1, 0.15) is 0 Å². The van der Waals surface area contributed by atoms with Gasteiger partial charge in [-0.2, -0.15) is 0 Å². The van der Waals surface area contributed by atoms with Crippen LogP contribution in [-0.4, -0.2) is 23.5 Å². The van der Waals surface area contributed by atoms with Crippen LogP contribution in [0.1, 0.15) is 97.3 Å². The molecule has 3 rings (SSSR count). The minimum atomic E-state index is 0.793. The molecule has 122 valence electrons. The van der Waals surface area contributed by atoms with Gasteiger partial charge in [-0.1, -0.05) is 58.8 Å². The van der Waals surface area contributed by atoms with Crippen molar-refractivity contribution >= 4 is 0 Å². The molecule has 3 fully saturated rings. The Bertz CT molecular complexity index is 326. The molecule has 0 aromatic rings. The number of hydrogen-bond acceptors (Lipinski definition) is 1. The summed E-state index contributed by atoms with van der Waals surface area (Å²) < 4.78 is 0. The van der Waals surface area contributed by atoms with Crippen LogP contribution in [0.2, 0.25) is 0 Å². The summed E-state index contributed by atoms with van der Waals surface area (Å²) in [6.45, 7) is 6.06. The predicted molar refractivity (Wildman–Crippen MR) is 91.6 cm³/mol. The van der Waals surface area contributed by atoms with Crippen LogP contribution in [-0.2, 0) is 0 Å². The van der Waals surface area contributed by atoms with E-state index in [1.165, 1.54) is 70.8 Å². The van der Waals surface area contributed by atoms with Crippen molar-refractivity contribution in [3.8, 4) is 0 Å². The van der Waals surface area contributed by atoms with Crippen LogP contribution < -0.4 is 0 Å². The van der Waals surface area contributed by atoms with Crippen LogP contribution in [0.3, 0.4) is 0 Å². The molecule has 2 aliphatic carbocycles. The van der Waals surface area contributed by atoms with E-state index < -0.39 is 0 Å². The summed E-state index contributed by atoms with van der Waals surface area (Å²) in [4.78, 5) is 2.94. The summed E-state index contributed by atoms with van der Waals surface area (Å²) >= 11 is 0. The average molecular weight is 292 g/mol. The molecular formula is C20H37N. The van der Waals surface area contributed by atoms with E-state index in [1.807, 2.05) is 0 Å². The van der Waals surface area contributed by atoms with Crippen molar-refractivity contribution in [3.05, 3.63) is 0 Å². The van der Waals surface area contributed by atoms with Crippen molar-refractivity contribution in [2.75, 3.05) is 6.54 Å². The molecule has 1 heterocycles. The lowest BCUT2D eigenvalue weighted by atomic mass is 9.53. The summed E-state index contributed by atoms with van der Waals surface area (Å²) in [6, 6.07) is 2.00. The molecule has 0 N–H and O–H groups in total. The van der Waals surface area contributed by atoms with Crippen molar-refractivity contribution in [2.45, 2.75) is 109 Å². The van der Waals surface area contributed by atoms with Gasteiger partial charge in [-0.3, -0.25) is 4.90 Å². The second-order valence-corrected chi connectivity index (χ2v) is 8.15. The van der Waals surface area contributed by atoms with E-state index in [0.29, 0.717) is 0 Å². The van der Waals surface area contributed by atoms with Gasteiger partial charge in [-0.25, -0.2) is 0 Å². The smallest absolute Gasteiger partial charge is 0.0158 e. The fourth-order valence-corrected chi connectivity index (χ4v) is 5.82.